The Labute approximate surface area is 171 Å². The minimum absolute atomic E-state index is 0. The lowest BCUT2D eigenvalue weighted by Crippen LogP contribution is -2.41. The molecule has 150 valence electrons. The number of nitrogens with zero attached hydrogens (tertiary/aromatic N) is 1. The first-order valence-corrected chi connectivity index (χ1v) is 9.01. The van der Waals surface area contributed by atoms with E-state index in [0.29, 0.717) is 6.54 Å². The largest absolute Gasteiger partial charge is 0.357 e. The van der Waals surface area contributed by atoms with Gasteiger partial charge in [0.05, 0.1) is 12.6 Å². The fourth-order valence-electron chi connectivity index (χ4n) is 4.28. The molecule has 0 saturated carbocycles. The molecule has 2 saturated heterocycles. The van der Waals surface area contributed by atoms with E-state index in [4.69, 9.17) is 0 Å². The van der Waals surface area contributed by atoms with Crippen molar-refractivity contribution in [3.8, 4) is 0 Å². The second-order valence-electron chi connectivity index (χ2n) is 7.61. The zero-order valence-corrected chi connectivity index (χ0v) is 17.0. The highest BCUT2D eigenvalue weighted by Gasteiger charge is 2.42. The number of carbonyl (C=O) groups excluding carboxylic acids is 1. The summed E-state index contributed by atoms with van der Waals surface area (Å²) in [5.74, 6) is -0.106. The Bertz CT molecular complexity index is 791. The number of likely N-dealkylation sites (N-methyl/N-ethyl adjacent to an activating group) is 1. The minimum atomic E-state index is -0.245. The van der Waals surface area contributed by atoms with Gasteiger partial charge in [0.25, 0.3) is 0 Å². The van der Waals surface area contributed by atoms with Crippen molar-refractivity contribution in [2.45, 2.75) is 31.8 Å². The second kappa shape index (κ2) is 8.78. The van der Waals surface area contributed by atoms with Gasteiger partial charge in [-0.3, -0.25) is 4.79 Å². The normalized spacial score (nSPS) is 20.9. The average Bonchev–Trinajstić information content (AvgIpc) is 3.18. The van der Waals surface area contributed by atoms with Gasteiger partial charge in [0.1, 0.15) is 5.82 Å². The number of hydrogen-bond acceptors (Lipinski definition) is 3. The summed E-state index contributed by atoms with van der Waals surface area (Å²) >= 11 is 0. The van der Waals surface area contributed by atoms with E-state index in [1.165, 1.54) is 12.1 Å². The fraction of sp³-hybridized carbons (Fsp3) is 0.526. The van der Waals surface area contributed by atoms with Gasteiger partial charge in [0, 0.05) is 30.2 Å². The number of benzene rings is 1. The number of piperidine rings is 1. The Balaban J connectivity index is 0.00000131. The molecule has 27 heavy (non-hydrogen) atoms. The number of fused-ring (bicyclic) bond motifs is 1. The van der Waals surface area contributed by atoms with Crippen LogP contribution in [0, 0.1) is 11.2 Å². The van der Waals surface area contributed by atoms with Crippen molar-refractivity contribution in [1.82, 2.24) is 20.5 Å². The van der Waals surface area contributed by atoms with Gasteiger partial charge in [-0.05, 0) is 62.0 Å². The van der Waals surface area contributed by atoms with Crippen molar-refractivity contribution in [2.24, 2.45) is 5.41 Å². The summed E-state index contributed by atoms with van der Waals surface area (Å²) in [6.45, 7) is 3.53. The number of halogens is 3. The standard InChI is InChI=1S/C19H25FN4O.2ClH/c1-24(11-15-9-13-8-14(20)2-3-16(13)23-15)18(25)17-10-19(12-22-17)4-6-21-7-5-19;;/h2-3,8-9,17,21-23H,4-7,10-12H2,1H3;2*1H. The van der Waals surface area contributed by atoms with Gasteiger partial charge in [-0.25, -0.2) is 4.39 Å². The summed E-state index contributed by atoms with van der Waals surface area (Å²) in [5, 5.41) is 7.67. The second-order valence-corrected chi connectivity index (χ2v) is 7.61. The van der Waals surface area contributed by atoms with Crippen LogP contribution >= 0.6 is 24.8 Å². The van der Waals surface area contributed by atoms with Crippen LogP contribution in [0.2, 0.25) is 0 Å². The lowest BCUT2D eigenvalue weighted by Gasteiger charge is -2.33. The lowest BCUT2D eigenvalue weighted by atomic mass is 9.77. The van der Waals surface area contributed by atoms with E-state index in [1.807, 2.05) is 13.1 Å². The molecule has 2 aliphatic heterocycles. The quantitative estimate of drug-likeness (QED) is 0.720. The molecule has 1 spiro atoms. The molecule has 4 rings (SSSR count). The SMILES string of the molecule is CN(Cc1cc2cc(F)ccc2[nH]1)C(=O)C1CC2(CCNCC2)CN1.Cl.Cl. The number of rotatable bonds is 3. The molecule has 0 radical (unpaired) electrons. The third-order valence-corrected chi connectivity index (χ3v) is 5.75. The smallest absolute Gasteiger partial charge is 0.239 e. The summed E-state index contributed by atoms with van der Waals surface area (Å²) in [7, 11) is 1.84. The molecule has 2 fully saturated rings. The Morgan fingerprint density at radius 1 is 1.26 bits per heavy atom. The van der Waals surface area contributed by atoms with Crippen molar-refractivity contribution >= 4 is 41.6 Å². The van der Waals surface area contributed by atoms with Crippen LogP contribution < -0.4 is 10.6 Å². The molecule has 3 heterocycles. The van der Waals surface area contributed by atoms with E-state index < -0.39 is 0 Å². The van der Waals surface area contributed by atoms with E-state index in [0.717, 1.165) is 55.5 Å². The molecule has 1 amide bonds. The summed E-state index contributed by atoms with van der Waals surface area (Å²) in [6.07, 6.45) is 3.21. The number of H-pyrrole nitrogens is 1. The molecule has 1 unspecified atom stereocenters. The molecule has 0 aliphatic carbocycles. The van der Waals surface area contributed by atoms with E-state index in [2.05, 4.69) is 15.6 Å². The van der Waals surface area contributed by atoms with E-state index in [-0.39, 0.29) is 48.0 Å². The van der Waals surface area contributed by atoms with Gasteiger partial charge in [0.2, 0.25) is 5.91 Å². The predicted octanol–water partition coefficient (Wildman–Crippen LogP) is 2.84. The van der Waals surface area contributed by atoms with Crippen LogP contribution in [0.5, 0.6) is 0 Å². The maximum Gasteiger partial charge on any atom is 0.239 e. The topological polar surface area (TPSA) is 60.2 Å². The maximum atomic E-state index is 13.3. The van der Waals surface area contributed by atoms with Crippen LogP contribution in [0.1, 0.15) is 25.0 Å². The van der Waals surface area contributed by atoms with Gasteiger partial charge < -0.3 is 20.5 Å². The van der Waals surface area contributed by atoms with Crippen LogP contribution in [0.15, 0.2) is 24.3 Å². The first kappa shape index (κ1) is 22.0. The van der Waals surface area contributed by atoms with E-state index in [1.54, 1.807) is 11.0 Å². The number of aromatic nitrogens is 1. The summed E-state index contributed by atoms with van der Waals surface area (Å²) in [6, 6.07) is 6.51. The molecule has 1 atom stereocenters. The van der Waals surface area contributed by atoms with Crippen molar-refractivity contribution in [1.29, 1.82) is 0 Å². The third-order valence-electron chi connectivity index (χ3n) is 5.75. The zero-order chi connectivity index (χ0) is 17.4. The van der Waals surface area contributed by atoms with Gasteiger partial charge in [-0.15, -0.1) is 24.8 Å². The molecule has 2 aromatic rings. The molecule has 0 bridgehead atoms. The summed E-state index contributed by atoms with van der Waals surface area (Å²) in [5.41, 5.74) is 2.10. The summed E-state index contributed by atoms with van der Waals surface area (Å²) in [4.78, 5) is 17.8. The van der Waals surface area contributed by atoms with Crippen molar-refractivity contribution in [3.63, 3.8) is 0 Å². The Hall–Kier alpha value is -1.34. The minimum Gasteiger partial charge on any atom is -0.357 e. The number of carbonyl (C=O) groups is 1. The molecule has 5 nitrogen and oxygen atoms in total. The van der Waals surface area contributed by atoms with Crippen LogP contribution in [0.4, 0.5) is 4.39 Å². The number of nitrogens with one attached hydrogen (secondary N) is 3. The molecule has 2 aliphatic rings. The number of hydrogen-bond donors (Lipinski definition) is 3. The lowest BCUT2D eigenvalue weighted by molar-refractivity contribution is -0.132. The molecule has 1 aromatic carbocycles. The van der Waals surface area contributed by atoms with Crippen LogP contribution in [-0.4, -0.2) is 48.5 Å². The van der Waals surface area contributed by atoms with Crippen molar-refractivity contribution in [2.75, 3.05) is 26.7 Å². The molecular formula is C19H27Cl2FN4O. The van der Waals surface area contributed by atoms with Gasteiger partial charge in [-0.2, -0.15) is 0 Å². The fourth-order valence-corrected chi connectivity index (χ4v) is 4.28. The van der Waals surface area contributed by atoms with Crippen molar-refractivity contribution < 1.29 is 9.18 Å². The molecule has 3 N–H and O–H groups in total. The Kier molecular flexibility index (Phi) is 7.14. The van der Waals surface area contributed by atoms with Crippen LogP contribution in [-0.2, 0) is 11.3 Å². The monoisotopic (exact) mass is 416 g/mol. The highest BCUT2D eigenvalue weighted by molar-refractivity contribution is 5.85. The van der Waals surface area contributed by atoms with Gasteiger partial charge in [-0.1, -0.05) is 0 Å². The third kappa shape index (κ3) is 4.57. The highest BCUT2D eigenvalue weighted by atomic mass is 35.5. The number of aromatic amines is 1. The molecule has 8 heteroatoms. The molecule has 1 aromatic heterocycles. The maximum absolute atomic E-state index is 13.3. The highest BCUT2D eigenvalue weighted by Crippen LogP contribution is 2.37. The van der Waals surface area contributed by atoms with Gasteiger partial charge >= 0.3 is 0 Å². The number of amides is 1. The van der Waals surface area contributed by atoms with Crippen molar-refractivity contribution in [3.05, 3.63) is 35.8 Å². The first-order valence-electron chi connectivity index (χ1n) is 9.01. The Morgan fingerprint density at radius 3 is 2.74 bits per heavy atom. The van der Waals surface area contributed by atoms with Gasteiger partial charge in [0.15, 0.2) is 0 Å². The average molecular weight is 417 g/mol. The zero-order valence-electron chi connectivity index (χ0n) is 15.4. The predicted molar refractivity (Wildman–Crippen MR) is 110 cm³/mol. The van der Waals surface area contributed by atoms with Crippen LogP contribution in [0.3, 0.4) is 0 Å². The molecular weight excluding hydrogens is 390 g/mol. The first-order chi connectivity index (χ1) is 12.0. The van der Waals surface area contributed by atoms with E-state index in [9.17, 15) is 9.18 Å². The Morgan fingerprint density at radius 2 is 2.00 bits per heavy atom. The van der Waals surface area contributed by atoms with E-state index >= 15 is 0 Å². The van der Waals surface area contributed by atoms with Crippen LogP contribution in [0.25, 0.3) is 10.9 Å². The summed E-state index contributed by atoms with van der Waals surface area (Å²) < 4.78 is 13.3.